The molecule has 110 valence electrons. The molecule has 0 aliphatic carbocycles. The Morgan fingerprint density at radius 3 is 2.37 bits per heavy atom. The summed E-state index contributed by atoms with van der Waals surface area (Å²) < 4.78 is 61.4. The molecule has 1 N–H and O–H groups in total. The van der Waals surface area contributed by atoms with Crippen LogP contribution in [0.4, 0.5) is 13.2 Å². The summed E-state index contributed by atoms with van der Waals surface area (Å²) in [5, 5.41) is 9.00. The first-order valence-corrected chi connectivity index (χ1v) is 7.64. The van der Waals surface area contributed by atoms with Gasteiger partial charge >= 0.3 is 6.18 Å². The zero-order chi connectivity index (χ0) is 14.8. The number of hydrogen-bond donors (Lipinski definition) is 1. The molecular formula is C10H14F3NO3S2. The van der Waals surface area contributed by atoms with Crippen LogP contribution in [0, 0.1) is 6.92 Å². The third kappa shape index (κ3) is 3.91. The first kappa shape index (κ1) is 16.4. The fourth-order valence-corrected chi connectivity index (χ4v) is 4.51. The highest BCUT2D eigenvalue weighted by molar-refractivity contribution is 7.91. The average molecular weight is 317 g/mol. The Hall–Kier alpha value is -0.640. The minimum absolute atomic E-state index is 0.180. The molecule has 0 saturated carbocycles. The minimum Gasteiger partial charge on any atom is -0.391 e. The first-order chi connectivity index (χ1) is 8.61. The lowest BCUT2D eigenvalue weighted by Crippen LogP contribution is -2.38. The SMILES string of the molecule is CCN(CC(F)(F)F)S(=O)(=O)c1cc(C)c(CO)s1. The molecule has 19 heavy (non-hydrogen) atoms. The number of thiophene rings is 1. The Morgan fingerprint density at radius 1 is 1.42 bits per heavy atom. The standard InChI is InChI=1S/C10H14F3NO3S2/c1-3-14(6-10(11,12)13)19(16,17)9-4-7(2)8(5-15)18-9/h4,15H,3,5-6H2,1-2H3. The molecule has 1 heterocycles. The Kier molecular flexibility index (Phi) is 4.99. The van der Waals surface area contributed by atoms with Crippen LogP contribution in [0.1, 0.15) is 17.4 Å². The Morgan fingerprint density at radius 2 is 2.00 bits per heavy atom. The van der Waals surface area contributed by atoms with Gasteiger partial charge in [0, 0.05) is 11.4 Å². The normalized spacial score (nSPS) is 13.2. The summed E-state index contributed by atoms with van der Waals surface area (Å²) in [6, 6.07) is 1.28. The van der Waals surface area contributed by atoms with Crippen LogP contribution in [-0.2, 0) is 16.6 Å². The molecule has 9 heteroatoms. The molecule has 1 rings (SSSR count). The molecule has 0 unspecified atom stereocenters. The molecule has 0 radical (unpaired) electrons. The van der Waals surface area contributed by atoms with E-state index in [-0.39, 0.29) is 17.4 Å². The van der Waals surface area contributed by atoms with Gasteiger partial charge in [0.05, 0.1) is 6.61 Å². The van der Waals surface area contributed by atoms with E-state index in [0.717, 1.165) is 11.3 Å². The highest BCUT2D eigenvalue weighted by Gasteiger charge is 2.36. The maximum absolute atomic E-state index is 12.3. The number of aliphatic hydroxyl groups is 1. The first-order valence-electron chi connectivity index (χ1n) is 5.39. The van der Waals surface area contributed by atoms with Crippen molar-refractivity contribution in [1.82, 2.24) is 4.31 Å². The number of hydrogen-bond acceptors (Lipinski definition) is 4. The second-order valence-corrected chi connectivity index (χ2v) is 7.18. The van der Waals surface area contributed by atoms with Crippen LogP contribution in [0.2, 0.25) is 0 Å². The predicted octanol–water partition coefficient (Wildman–Crippen LogP) is 2.12. The van der Waals surface area contributed by atoms with Crippen molar-refractivity contribution in [3.8, 4) is 0 Å². The van der Waals surface area contributed by atoms with Crippen molar-refractivity contribution in [2.45, 2.75) is 30.8 Å². The lowest BCUT2D eigenvalue weighted by molar-refractivity contribution is -0.135. The highest BCUT2D eigenvalue weighted by Crippen LogP contribution is 2.30. The molecule has 0 spiro atoms. The average Bonchev–Trinajstić information content (AvgIpc) is 2.66. The minimum atomic E-state index is -4.59. The fourth-order valence-electron chi connectivity index (χ4n) is 1.47. The molecule has 0 aliphatic heterocycles. The molecule has 0 aliphatic rings. The molecular weight excluding hydrogens is 303 g/mol. The third-order valence-corrected chi connectivity index (χ3v) is 6.04. The Labute approximate surface area is 113 Å². The van der Waals surface area contributed by atoms with Gasteiger partial charge in [-0.25, -0.2) is 8.42 Å². The summed E-state index contributed by atoms with van der Waals surface area (Å²) in [6.45, 7) is 0.819. The van der Waals surface area contributed by atoms with Gasteiger partial charge in [0.2, 0.25) is 0 Å². The van der Waals surface area contributed by atoms with Crippen molar-refractivity contribution in [3.63, 3.8) is 0 Å². The summed E-state index contributed by atoms with van der Waals surface area (Å²) in [7, 11) is -4.18. The second-order valence-electron chi connectivity index (χ2n) is 3.88. The topological polar surface area (TPSA) is 57.6 Å². The summed E-state index contributed by atoms with van der Waals surface area (Å²) in [4.78, 5) is 0.432. The molecule has 1 aromatic heterocycles. The van der Waals surface area contributed by atoms with Gasteiger partial charge in [-0.2, -0.15) is 17.5 Å². The van der Waals surface area contributed by atoms with E-state index in [0.29, 0.717) is 14.7 Å². The van der Waals surface area contributed by atoms with E-state index < -0.39 is 22.7 Å². The maximum atomic E-state index is 12.3. The molecule has 0 amide bonds. The number of rotatable bonds is 5. The molecule has 4 nitrogen and oxygen atoms in total. The fraction of sp³-hybridized carbons (Fsp3) is 0.600. The Balaban J connectivity index is 3.13. The van der Waals surface area contributed by atoms with Crippen molar-refractivity contribution in [1.29, 1.82) is 0 Å². The quantitative estimate of drug-likeness (QED) is 0.905. The van der Waals surface area contributed by atoms with Crippen LogP contribution >= 0.6 is 11.3 Å². The number of aryl methyl sites for hydroxylation is 1. The van der Waals surface area contributed by atoms with E-state index in [1.165, 1.54) is 13.0 Å². The van der Waals surface area contributed by atoms with Crippen LogP contribution in [0.3, 0.4) is 0 Å². The van der Waals surface area contributed by atoms with E-state index in [1.54, 1.807) is 6.92 Å². The van der Waals surface area contributed by atoms with Crippen molar-refractivity contribution < 1.29 is 26.7 Å². The van der Waals surface area contributed by atoms with Crippen molar-refractivity contribution in [2.24, 2.45) is 0 Å². The summed E-state index contributed by atoms with van der Waals surface area (Å²) in [6.07, 6.45) is -4.59. The highest BCUT2D eigenvalue weighted by atomic mass is 32.2. The smallest absolute Gasteiger partial charge is 0.391 e. The monoisotopic (exact) mass is 317 g/mol. The van der Waals surface area contributed by atoms with Crippen molar-refractivity contribution in [3.05, 3.63) is 16.5 Å². The molecule has 0 saturated heterocycles. The number of aliphatic hydroxyl groups excluding tert-OH is 1. The molecule has 1 aromatic rings. The second kappa shape index (κ2) is 5.78. The zero-order valence-electron chi connectivity index (χ0n) is 10.4. The van der Waals surface area contributed by atoms with E-state index >= 15 is 0 Å². The van der Waals surface area contributed by atoms with Crippen molar-refractivity contribution in [2.75, 3.05) is 13.1 Å². The number of sulfonamides is 1. The lowest BCUT2D eigenvalue weighted by atomic mass is 10.3. The van der Waals surface area contributed by atoms with Crippen LogP contribution in [-0.4, -0.2) is 37.1 Å². The van der Waals surface area contributed by atoms with Gasteiger partial charge in [-0.05, 0) is 18.6 Å². The number of alkyl halides is 3. The largest absolute Gasteiger partial charge is 0.402 e. The summed E-state index contributed by atoms with van der Waals surface area (Å²) in [5.41, 5.74) is 0.550. The predicted molar refractivity (Wildman–Crippen MR) is 65.5 cm³/mol. The van der Waals surface area contributed by atoms with Crippen LogP contribution in [0.15, 0.2) is 10.3 Å². The van der Waals surface area contributed by atoms with Gasteiger partial charge in [0.1, 0.15) is 10.8 Å². The number of nitrogens with zero attached hydrogens (tertiary/aromatic N) is 1. The molecule has 0 bridgehead atoms. The maximum Gasteiger partial charge on any atom is 0.402 e. The summed E-state index contributed by atoms with van der Waals surface area (Å²) >= 11 is 0.789. The van der Waals surface area contributed by atoms with Gasteiger partial charge in [0.25, 0.3) is 10.0 Å². The van der Waals surface area contributed by atoms with Crippen LogP contribution in [0.5, 0.6) is 0 Å². The van der Waals surface area contributed by atoms with Crippen molar-refractivity contribution >= 4 is 21.4 Å². The third-order valence-electron chi connectivity index (χ3n) is 2.44. The Bertz CT molecular complexity index is 537. The van der Waals surface area contributed by atoms with E-state index in [1.807, 2.05) is 0 Å². The van der Waals surface area contributed by atoms with Gasteiger partial charge < -0.3 is 5.11 Å². The van der Waals surface area contributed by atoms with E-state index in [9.17, 15) is 21.6 Å². The van der Waals surface area contributed by atoms with E-state index in [2.05, 4.69) is 0 Å². The van der Waals surface area contributed by atoms with E-state index in [4.69, 9.17) is 5.11 Å². The van der Waals surface area contributed by atoms with Gasteiger partial charge in [-0.15, -0.1) is 11.3 Å². The van der Waals surface area contributed by atoms with Crippen LogP contribution < -0.4 is 0 Å². The van der Waals surface area contributed by atoms with Crippen LogP contribution in [0.25, 0.3) is 0 Å². The number of halogens is 3. The van der Waals surface area contributed by atoms with Gasteiger partial charge in [-0.1, -0.05) is 6.92 Å². The lowest BCUT2D eigenvalue weighted by Gasteiger charge is -2.20. The molecule has 0 fully saturated rings. The molecule has 0 aromatic carbocycles. The summed E-state index contributed by atoms with van der Waals surface area (Å²) in [5.74, 6) is 0. The van der Waals surface area contributed by atoms with Gasteiger partial charge in [-0.3, -0.25) is 0 Å². The zero-order valence-corrected chi connectivity index (χ0v) is 12.0. The molecule has 0 atom stereocenters. The van der Waals surface area contributed by atoms with Gasteiger partial charge in [0.15, 0.2) is 0 Å².